The maximum atomic E-state index is 13.3. The highest BCUT2D eigenvalue weighted by atomic mass is 19.1. The molecule has 134 valence electrons. The van der Waals surface area contributed by atoms with Crippen molar-refractivity contribution in [2.24, 2.45) is 0 Å². The number of rotatable bonds is 4. The van der Waals surface area contributed by atoms with Gasteiger partial charge in [0.15, 0.2) is 0 Å². The second kappa shape index (κ2) is 7.08. The first-order valence-electron chi connectivity index (χ1n) is 8.85. The van der Waals surface area contributed by atoms with Crippen LogP contribution in [0, 0.1) is 18.2 Å². The Morgan fingerprint density at radius 3 is 2.48 bits per heavy atom. The van der Waals surface area contributed by atoms with Crippen LogP contribution in [0.4, 0.5) is 21.8 Å². The molecule has 0 saturated carbocycles. The number of benzene rings is 2. The molecule has 4 rings (SSSR count). The van der Waals surface area contributed by atoms with Crippen molar-refractivity contribution in [1.29, 1.82) is 0 Å². The average molecular weight is 358 g/mol. The minimum Gasteiger partial charge on any atom is -0.373 e. The zero-order valence-corrected chi connectivity index (χ0v) is 15.0. The first-order chi connectivity index (χ1) is 13.2. The lowest BCUT2D eigenvalue weighted by Gasteiger charge is -2.15. The molecule has 2 aromatic carbocycles. The molecule has 0 radical (unpaired) electrons. The summed E-state index contributed by atoms with van der Waals surface area (Å²) in [6.07, 6.45) is 7.23. The van der Waals surface area contributed by atoms with Crippen molar-refractivity contribution in [3.8, 4) is 12.3 Å². The molecule has 3 aromatic rings. The minimum atomic E-state index is -0.228. The standard InChI is InChI=1S/C22H19FN4/c1-3-14-4-10-17(11-5-14)25-22-26-20-18(15-6-8-16(23)9-7-15)12-13-19(20)21(24-2)27-22/h1,4-11,18H,12-13H2,2H3,(H2,24,25,26,27). The normalized spacial score (nSPS) is 15.1. The zero-order valence-electron chi connectivity index (χ0n) is 15.0. The largest absolute Gasteiger partial charge is 0.373 e. The fourth-order valence-electron chi connectivity index (χ4n) is 3.52. The quantitative estimate of drug-likeness (QED) is 0.676. The molecule has 1 atom stereocenters. The highest BCUT2D eigenvalue weighted by molar-refractivity contribution is 5.60. The second-order valence-corrected chi connectivity index (χ2v) is 6.50. The molecule has 1 aliphatic rings. The summed E-state index contributed by atoms with van der Waals surface area (Å²) >= 11 is 0. The van der Waals surface area contributed by atoms with E-state index in [9.17, 15) is 4.39 Å². The van der Waals surface area contributed by atoms with Crippen molar-refractivity contribution in [2.75, 3.05) is 17.7 Å². The molecule has 0 aliphatic heterocycles. The van der Waals surface area contributed by atoms with Crippen LogP contribution in [-0.2, 0) is 6.42 Å². The highest BCUT2D eigenvalue weighted by Gasteiger charge is 2.29. The van der Waals surface area contributed by atoms with Gasteiger partial charge in [0.25, 0.3) is 0 Å². The minimum absolute atomic E-state index is 0.139. The topological polar surface area (TPSA) is 49.8 Å². The summed E-state index contributed by atoms with van der Waals surface area (Å²) in [5, 5.41) is 6.43. The molecule has 4 nitrogen and oxygen atoms in total. The zero-order chi connectivity index (χ0) is 18.8. The third-order valence-corrected chi connectivity index (χ3v) is 4.87. The predicted molar refractivity (Wildman–Crippen MR) is 106 cm³/mol. The summed E-state index contributed by atoms with van der Waals surface area (Å²) in [5.74, 6) is 3.87. The maximum absolute atomic E-state index is 13.3. The summed E-state index contributed by atoms with van der Waals surface area (Å²) in [4.78, 5) is 9.39. The average Bonchev–Trinajstić information content (AvgIpc) is 3.12. The number of anilines is 3. The van der Waals surface area contributed by atoms with E-state index in [1.165, 1.54) is 12.1 Å². The maximum Gasteiger partial charge on any atom is 0.229 e. The lowest BCUT2D eigenvalue weighted by molar-refractivity contribution is 0.625. The van der Waals surface area contributed by atoms with Gasteiger partial charge in [-0.15, -0.1) is 6.42 Å². The Balaban J connectivity index is 1.69. The van der Waals surface area contributed by atoms with E-state index in [1.807, 2.05) is 43.4 Å². The fraction of sp³-hybridized carbons (Fsp3) is 0.182. The Labute approximate surface area is 157 Å². The molecular weight excluding hydrogens is 339 g/mol. The van der Waals surface area contributed by atoms with Crippen molar-refractivity contribution < 1.29 is 4.39 Å². The molecule has 0 saturated heterocycles. The number of hydrogen-bond donors (Lipinski definition) is 2. The van der Waals surface area contributed by atoms with Crippen LogP contribution < -0.4 is 10.6 Å². The first kappa shape index (κ1) is 17.0. The van der Waals surface area contributed by atoms with Gasteiger partial charge in [-0.25, -0.2) is 9.37 Å². The highest BCUT2D eigenvalue weighted by Crippen LogP contribution is 2.40. The van der Waals surface area contributed by atoms with Gasteiger partial charge in [-0.05, 0) is 54.8 Å². The van der Waals surface area contributed by atoms with Gasteiger partial charge in [0.2, 0.25) is 5.95 Å². The van der Waals surface area contributed by atoms with Crippen LogP contribution in [0.15, 0.2) is 48.5 Å². The van der Waals surface area contributed by atoms with Gasteiger partial charge in [0.1, 0.15) is 11.6 Å². The van der Waals surface area contributed by atoms with Gasteiger partial charge >= 0.3 is 0 Å². The fourth-order valence-corrected chi connectivity index (χ4v) is 3.52. The summed E-state index contributed by atoms with van der Waals surface area (Å²) in [6, 6.07) is 14.2. The number of terminal acetylenes is 1. The Morgan fingerprint density at radius 2 is 1.81 bits per heavy atom. The van der Waals surface area contributed by atoms with Gasteiger partial charge in [0.05, 0.1) is 5.69 Å². The Kier molecular flexibility index (Phi) is 4.47. The van der Waals surface area contributed by atoms with Crippen LogP contribution >= 0.6 is 0 Å². The predicted octanol–water partition coefficient (Wildman–Crippen LogP) is 4.46. The first-order valence-corrected chi connectivity index (χ1v) is 8.85. The number of nitrogens with one attached hydrogen (secondary N) is 2. The van der Waals surface area contributed by atoms with Crippen LogP contribution in [0.5, 0.6) is 0 Å². The van der Waals surface area contributed by atoms with Crippen LogP contribution in [-0.4, -0.2) is 17.0 Å². The third kappa shape index (κ3) is 3.34. The lowest BCUT2D eigenvalue weighted by Crippen LogP contribution is -2.07. The van der Waals surface area contributed by atoms with E-state index in [4.69, 9.17) is 11.4 Å². The van der Waals surface area contributed by atoms with Crippen molar-refractivity contribution in [2.45, 2.75) is 18.8 Å². The van der Waals surface area contributed by atoms with E-state index in [2.05, 4.69) is 21.5 Å². The van der Waals surface area contributed by atoms with Crippen LogP contribution in [0.3, 0.4) is 0 Å². The molecule has 1 unspecified atom stereocenters. The monoisotopic (exact) mass is 358 g/mol. The van der Waals surface area contributed by atoms with E-state index in [-0.39, 0.29) is 11.7 Å². The SMILES string of the molecule is C#Cc1ccc(Nc2nc(NC)c3c(n2)C(c2ccc(F)cc2)CC3)cc1. The van der Waals surface area contributed by atoms with Gasteiger partial charge in [-0.2, -0.15) is 4.98 Å². The number of aromatic nitrogens is 2. The lowest BCUT2D eigenvalue weighted by atomic mass is 9.97. The number of halogens is 1. The molecule has 1 heterocycles. The molecule has 27 heavy (non-hydrogen) atoms. The molecule has 1 aliphatic carbocycles. The summed E-state index contributed by atoms with van der Waals surface area (Å²) < 4.78 is 13.3. The van der Waals surface area contributed by atoms with Crippen molar-refractivity contribution >= 4 is 17.5 Å². The molecule has 1 aromatic heterocycles. The number of fused-ring (bicyclic) bond motifs is 1. The van der Waals surface area contributed by atoms with Gasteiger partial charge in [-0.1, -0.05) is 18.1 Å². The van der Waals surface area contributed by atoms with E-state index >= 15 is 0 Å². The molecule has 0 bridgehead atoms. The summed E-state index contributed by atoms with van der Waals surface area (Å²) in [7, 11) is 1.86. The molecule has 0 fully saturated rings. The van der Waals surface area contributed by atoms with Crippen LogP contribution in [0.2, 0.25) is 0 Å². The Bertz CT molecular complexity index is 1000. The van der Waals surface area contributed by atoms with E-state index in [1.54, 1.807) is 0 Å². The van der Waals surface area contributed by atoms with Crippen LogP contribution in [0.25, 0.3) is 0 Å². The Morgan fingerprint density at radius 1 is 1.07 bits per heavy atom. The van der Waals surface area contributed by atoms with Crippen LogP contribution in [0.1, 0.15) is 34.7 Å². The molecule has 0 amide bonds. The smallest absolute Gasteiger partial charge is 0.229 e. The van der Waals surface area contributed by atoms with Gasteiger partial charge in [0, 0.05) is 29.8 Å². The van der Waals surface area contributed by atoms with Crippen molar-refractivity contribution in [3.05, 3.63) is 76.7 Å². The molecule has 5 heteroatoms. The van der Waals surface area contributed by atoms with Crippen molar-refractivity contribution in [1.82, 2.24) is 9.97 Å². The number of hydrogen-bond acceptors (Lipinski definition) is 4. The van der Waals surface area contributed by atoms with E-state index in [0.29, 0.717) is 5.95 Å². The summed E-state index contributed by atoms with van der Waals surface area (Å²) in [5.41, 5.74) is 4.87. The van der Waals surface area contributed by atoms with E-state index < -0.39 is 0 Å². The van der Waals surface area contributed by atoms with Crippen molar-refractivity contribution in [3.63, 3.8) is 0 Å². The van der Waals surface area contributed by atoms with Gasteiger partial charge < -0.3 is 10.6 Å². The third-order valence-electron chi connectivity index (χ3n) is 4.87. The number of nitrogens with zero attached hydrogens (tertiary/aromatic N) is 2. The van der Waals surface area contributed by atoms with Gasteiger partial charge in [-0.3, -0.25) is 0 Å². The molecule has 2 N–H and O–H groups in total. The molecule has 0 spiro atoms. The van der Waals surface area contributed by atoms with E-state index in [0.717, 1.165) is 46.7 Å². The summed E-state index contributed by atoms with van der Waals surface area (Å²) in [6.45, 7) is 0. The Hall–Kier alpha value is -3.39. The molecular formula is C22H19FN4. The second-order valence-electron chi connectivity index (χ2n) is 6.50.